The summed E-state index contributed by atoms with van der Waals surface area (Å²) in [5.74, 6) is 1.66. The zero-order chi connectivity index (χ0) is 20.7. The molecule has 3 aromatic rings. The predicted octanol–water partition coefficient (Wildman–Crippen LogP) is 2.76. The maximum atomic E-state index is 13.3. The molecular weight excluding hydrogens is 376 g/mol. The molecule has 0 aliphatic carbocycles. The van der Waals surface area contributed by atoms with Gasteiger partial charge in [-0.3, -0.25) is 14.8 Å². The van der Waals surface area contributed by atoms with E-state index < -0.39 is 0 Å². The van der Waals surface area contributed by atoms with Crippen LogP contribution in [-0.2, 0) is 0 Å². The number of aryl methyl sites for hydroxylation is 2. The number of aromatic nitrogens is 4. The molecule has 30 heavy (non-hydrogen) atoms. The third-order valence-electron chi connectivity index (χ3n) is 5.98. The largest absolute Gasteiger partial charge is 0.340 e. The van der Waals surface area contributed by atoms with E-state index in [1.54, 1.807) is 12.4 Å². The summed E-state index contributed by atoms with van der Waals surface area (Å²) in [6.45, 7) is 7.24. The third-order valence-corrected chi connectivity index (χ3v) is 5.98. The number of rotatable bonds is 3. The monoisotopic (exact) mass is 400 g/mol. The van der Waals surface area contributed by atoms with Crippen molar-refractivity contribution < 1.29 is 4.79 Å². The Bertz CT molecular complexity index is 1050. The molecule has 1 amide bonds. The summed E-state index contributed by atoms with van der Waals surface area (Å²) in [5, 5.41) is 0. The highest BCUT2D eigenvalue weighted by Crippen LogP contribution is 2.34. The van der Waals surface area contributed by atoms with Crippen molar-refractivity contribution >= 4 is 11.9 Å². The molecule has 0 aromatic carbocycles. The minimum Gasteiger partial charge on any atom is -0.340 e. The molecule has 2 saturated heterocycles. The van der Waals surface area contributed by atoms with Crippen LogP contribution in [0.25, 0.3) is 11.3 Å². The molecule has 3 aromatic heterocycles. The Kier molecular flexibility index (Phi) is 4.65. The number of amides is 1. The molecular formula is C23H24N6O. The summed E-state index contributed by atoms with van der Waals surface area (Å²) < 4.78 is 0. The SMILES string of the molecule is Cc1cc(C)nc(N2CC3CN(C(=O)c4ncccc4-c4ccccn4)CC3C2)n1. The van der Waals surface area contributed by atoms with Gasteiger partial charge in [-0.15, -0.1) is 0 Å². The van der Waals surface area contributed by atoms with Crippen LogP contribution in [0.2, 0.25) is 0 Å². The molecule has 2 unspecified atom stereocenters. The van der Waals surface area contributed by atoms with Crippen molar-refractivity contribution in [2.45, 2.75) is 13.8 Å². The van der Waals surface area contributed by atoms with Gasteiger partial charge < -0.3 is 9.80 Å². The summed E-state index contributed by atoms with van der Waals surface area (Å²) in [7, 11) is 0. The summed E-state index contributed by atoms with van der Waals surface area (Å²) in [5.41, 5.74) is 4.01. The second kappa shape index (κ2) is 7.48. The lowest BCUT2D eigenvalue weighted by atomic mass is 10.0. The highest BCUT2D eigenvalue weighted by atomic mass is 16.2. The molecule has 0 radical (unpaired) electrons. The average molecular weight is 400 g/mol. The smallest absolute Gasteiger partial charge is 0.273 e. The summed E-state index contributed by atoms with van der Waals surface area (Å²) in [6, 6.07) is 11.5. The van der Waals surface area contributed by atoms with E-state index in [9.17, 15) is 4.79 Å². The van der Waals surface area contributed by atoms with E-state index >= 15 is 0 Å². The van der Waals surface area contributed by atoms with Crippen LogP contribution in [0.1, 0.15) is 21.9 Å². The van der Waals surface area contributed by atoms with Crippen LogP contribution in [0, 0.1) is 25.7 Å². The van der Waals surface area contributed by atoms with Gasteiger partial charge in [-0.1, -0.05) is 6.07 Å². The molecule has 2 fully saturated rings. The van der Waals surface area contributed by atoms with Crippen molar-refractivity contribution in [3.8, 4) is 11.3 Å². The van der Waals surface area contributed by atoms with Gasteiger partial charge in [0.25, 0.3) is 5.91 Å². The normalized spacial score (nSPS) is 20.5. The highest BCUT2D eigenvalue weighted by Gasteiger charge is 2.43. The highest BCUT2D eigenvalue weighted by molar-refractivity contribution is 5.98. The van der Waals surface area contributed by atoms with Gasteiger partial charge in [-0.05, 0) is 44.2 Å². The Morgan fingerprint density at radius 2 is 1.60 bits per heavy atom. The molecule has 7 heteroatoms. The molecule has 0 saturated carbocycles. The second-order valence-electron chi connectivity index (χ2n) is 8.20. The quantitative estimate of drug-likeness (QED) is 0.673. The second-order valence-corrected chi connectivity index (χ2v) is 8.20. The standard InChI is InChI=1S/C23H24N6O/c1-15-10-16(2)27-23(26-15)29-13-17-11-28(12-18(17)14-29)22(30)21-19(6-5-9-25-21)20-7-3-4-8-24-20/h3-10,17-18H,11-14H2,1-2H3. The fourth-order valence-electron chi connectivity index (χ4n) is 4.63. The lowest BCUT2D eigenvalue weighted by Gasteiger charge is -2.22. The number of anilines is 1. The van der Waals surface area contributed by atoms with Gasteiger partial charge in [0.1, 0.15) is 5.69 Å². The Hall–Kier alpha value is -3.35. The Labute approximate surface area is 175 Å². The maximum absolute atomic E-state index is 13.3. The van der Waals surface area contributed by atoms with E-state index in [-0.39, 0.29) is 5.91 Å². The zero-order valence-corrected chi connectivity index (χ0v) is 17.2. The van der Waals surface area contributed by atoms with Crippen molar-refractivity contribution in [2.75, 3.05) is 31.1 Å². The molecule has 2 aliphatic rings. The van der Waals surface area contributed by atoms with Crippen molar-refractivity contribution in [2.24, 2.45) is 11.8 Å². The molecule has 0 spiro atoms. The van der Waals surface area contributed by atoms with Crippen LogP contribution in [0.3, 0.4) is 0 Å². The first-order valence-electron chi connectivity index (χ1n) is 10.3. The van der Waals surface area contributed by atoms with Crippen molar-refractivity contribution in [1.29, 1.82) is 0 Å². The first-order chi connectivity index (χ1) is 14.6. The number of likely N-dealkylation sites (tertiary alicyclic amines) is 1. The first-order valence-corrected chi connectivity index (χ1v) is 10.3. The predicted molar refractivity (Wildman–Crippen MR) is 114 cm³/mol. The third kappa shape index (κ3) is 3.40. The number of hydrogen-bond acceptors (Lipinski definition) is 6. The van der Waals surface area contributed by atoms with Gasteiger partial charge in [-0.2, -0.15) is 0 Å². The molecule has 0 N–H and O–H groups in total. The number of nitrogens with zero attached hydrogens (tertiary/aromatic N) is 6. The molecule has 5 rings (SSSR count). The van der Waals surface area contributed by atoms with Crippen LogP contribution >= 0.6 is 0 Å². The fraction of sp³-hybridized carbons (Fsp3) is 0.348. The molecule has 2 atom stereocenters. The molecule has 7 nitrogen and oxygen atoms in total. The minimum absolute atomic E-state index is 0.0140. The Morgan fingerprint density at radius 1 is 0.900 bits per heavy atom. The van der Waals surface area contributed by atoms with Crippen LogP contribution in [-0.4, -0.2) is 56.9 Å². The average Bonchev–Trinajstić information content (AvgIpc) is 3.33. The van der Waals surface area contributed by atoms with E-state index in [0.29, 0.717) is 17.5 Å². The van der Waals surface area contributed by atoms with Crippen molar-refractivity contribution in [3.05, 3.63) is 65.9 Å². The Morgan fingerprint density at radius 3 is 2.27 bits per heavy atom. The molecule has 0 bridgehead atoms. The first kappa shape index (κ1) is 18.7. The van der Waals surface area contributed by atoms with Gasteiger partial charge in [0.05, 0.1) is 5.69 Å². The van der Waals surface area contributed by atoms with E-state index in [1.807, 2.05) is 55.1 Å². The van der Waals surface area contributed by atoms with Gasteiger partial charge in [0.15, 0.2) is 0 Å². The molecule has 5 heterocycles. The van der Waals surface area contributed by atoms with Crippen molar-refractivity contribution in [1.82, 2.24) is 24.8 Å². The van der Waals surface area contributed by atoms with Gasteiger partial charge in [0.2, 0.25) is 5.95 Å². The van der Waals surface area contributed by atoms with Crippen molar-refractivity contribution in [3.63, 3.8) is 0 Å². The van der Waals surface area contributed by atoms with Gasteiger partial charge in [-0.25, -0.2) is 9.97 Å². The summed E-state index contributed by atoms with van der Waals surface area (Å²) in [4.78, 5) is 35.6. The lowest BCUT2D eigenvalue weighted by Crippen LogP contribution is -2.34. The number of hydrogen-bond donors (Lipinski definition) is 0. The minimum atomic E-state index is -0.0140. The fourth-order valence-corrected chi connectivity index (χ4v) is 4.63. The van der Waals surface area contributed by atoms with Crippen LogP contribution in [0.4, 0.5) is 5.95 Å². The van der Waals surface area contributed by atoms with Crippen LogP contribution < -0.4 is 4.90 Å². The van der Waals surface area contributed by atoms with E-state index in [2.05, 4.69) is 24.8 Å². The number of carbonyl (C=O) groups is 1. The van der Waals surface area contributed by atoms with Crippen LogP contribution in [0.15, 0.2) is 48.8 Å². The molecule has 152 valence electrons. The zero-order valence-electron chi connectivity index (χ0n) is 17.2. The topological polar surface area (TPSA) is 75.1 Å². The van der Waals surface area contributed by atoms with Gasteiger partial charge >= 0.3 is 0 Å². The lowest BCUT2D eigenvalue weighted by molar-refractivity contribution is 0.0777. The summed E-state index contributed by atoms with van der Waals surface area (Å²) in [6.07, 6.45) is 3.41. The van der Waals surface area contributed by atoms with E-state index in [4.69, 9.17) is 0 Å². The molecule has 2 aliphatic heterocycles. The maximum Gasteiger partial charge on any atom is 0.273 e. The van der Waals surface area contributed by atoms with E-state index in [1.165, 1.54) is 0 Å². The van der Waals surface area contributed by atoms with Crippen LogP contribution in [0.5, 0.6) is 0 Å². The van der Waals surface area contributed by atoms with Gasteiger partial charge in [0, 0.05) is 67.4 Å². The number of fused-ring (bicyclic) bond motifs is 1. The summed E-state index contributed by atoms with van der Waals surface area (Å²) >= 11 is 0. The number of pyridine rings is 2. The van der Waals surface area contributed by atoms with E-state index in [0.717, 1.165) is 54.8 Å². The number of carbonyl (C=O) groups excluding carboxylic acids is 1. The Balaban J connectivity index is 1.32.